The quantitative estimate of drug-likeness (QED) is 0.689. The van der Waals surface area contributed by atoms with E-state index in [0.717, 1.165) is 36.5 Å². The first kappa shape index (κ1) is 18.2. The third-order valence-electron chi connectivity index (χ3n) is 5.21. The molecule has 142 valence electrons. The zero-order valence-corrected chi connectivity index (χ0v) is 16.2. The molecule has 0 aliphatic carbocycles. The highest BCUT2D eigenvalue weighted by atomic mass is 16.2. The van der Waals surface area contributed by atoms with E-state index in [1.165, 1.54) is 5.56 Å². The van der Waals surface area contributed by atoms with Crippen LogP contribution < -0.4 is 4.90 Å². The lowest BCUT2D eigenvalue weighted by molar-refractivity contribution is 0.0735. The molecule has 0 saturated carbocycles. The van der Waals surface area contributed by atoms with Crippen LogP contribution in [0.1, 0.15) is 34.8 Å². The maximum Gasteiger partial charge on any atom is 0.254 e. The first-order valence-electron chi connectivity index (χ1n) is 9.61. The average molecular weight is 372 g/mol. The number of rotatable bonds is 4. The van der Waals surface area contributed by atoms with Gasteiger partial charge in [-0.05, 0) is 42.7 Å². The van der Waals surface area contributed by atoms with Gasteiger partial charge in [0, 0.05) is 31.8 Å². The van der Waals surface area contributed by atoms with E-state index in [2.05, 4.69) is 22.3 Å². The summed E-state index contributed by atoms with van der Waals surface area (Å²) in [5.41, 5.74) is 3.56. The van der Waals surface area contributed by atoms with Crippen molar-refractivity contribution in [3.63, 3.8) is 0 Å². The predicted octanol–water partition coefficient (Wildman–Crippen LogP) is 4.19. The van der Waals surface area contributed by atoms with Gasteiger partial charge in [0.1, 0.15) is 0 Å². The zero-order valence-electron chi connectivity index (χ0n) is 16.2. The van der Waals surface area contributed by atoms with Gasteiger partial charge in [0.05, 0.1) is 11.7 Å². The van der Waals surface area contributed by atoms with E-state index < -0.39 is 0 Å². The third kappa shape index (κ3) is 3.60. The second-order valence-electron chi connectivity index (χ2n) is 7.32. The van der Waals surface area contributed by atoms with Crippen molar-refractivity contribution in [2.45, 2.75) is 18.9 Å². The topological polar surface area (TPSA) is 49.3 Å². The van der Waals surface area contributed by atoms with Crippen LogP contribution in [0.3, 0.4) is 0 Å². The highest BCUT2D eigenvalue weighted by molar-refractivity contribution is 5.95. The lowest BCUT2D eigenvalue weighted by Gasteiger charge is -2.25. The van der Waals surface area contributed by atoms with Crippen molar-refractivity contribution < 1.29 is 4.79 Å². The lowest BCUT2D eigenvalue weighted by Crippen LogP contribution is -2.30. The summed E-state index contributed by atoms with van der Waals surface area (Å²) in [6.45, 7) is 0.792. The second kappa shape index (κ2) is 7.80. The van der Waals surface area contributed by atoms with E-state index in [0.29, 0.717) is 5.56 Å². The maximum atomic E-state index is 13.2. The van der Waals surface area contributed by atoms with Gasteiger partial charge in [-0.2, -0.15) is 0 Å². The molecule has 0 unspecified atom stereocenters. The Bertz CT molecular complexity index is 954. The van der Waals surface area contributed by atoms with Gasteiger partial charge in [-0.1, -0.05) is 42.5 Å². The number of aromatic nitrogens is 2. The molecule has 3 aromatic rings. The van der Waals surface area contributed by atoms with Gasteiger partial charge in [0.25, 0.3) is 5.91 Å². The Hall–Kier alpha value is -3.21. The van der Waals surface area contributed by atoms with Gasteiger partial charge in [-0.15, -0.1) is 10.2 Å². The van der Waals surface area contributed by atoms with Gasteiger partial charge in [-0.3, -0.25) is 4.79 Å². The average Bonchev–Trinajstić information content (AvgIpc) is 3.24. The summed E-state index contributed by atoms with van der Waals surface area (Å²) < 4.78 is 0. The van der Waals surface area contributed by atoms with Crippen molar-refractivity contribution in [1.82, 2.24) is 15.1 Å². The molecule has 1 atom stereocenters. The lowest BCUT2D eigenvalue weighted by atomic mass is 10.0. The predicted molar refractivity (Wildman–Crippen MR) is 111 cm³/mol. The fourth-order valence-electron chi connectivity index (χ4n) is 3.73. The Morgan fingerprint density at radius 1 is 1.00 bits per heavy atom. The molecule has 0 bridgehead atoms. The monoisotopic (exact) mass is 372 g/mol. The molecule has 1 aromatic heterocycles. The Balaban J connectivity index is 1.59. The van der Waals surface area contributed by atoms with Crippen LogP contribution in [0.15, 0.2) is 66.7 Å². The molecule has 1 aliphatic rings. The summed E-state index contributed by atoms with van der Waals surface area (Å²) in [5, 5.41) is 8.55. The van der Waals surface area contributed by atoms with Crippen molar-refractivity contribution >= 4 is 11.7 Å². The summed E-state index contributed by atoms with van der Waals surface area (Å²) in [6, 6.07) is 22.0. The highest BCUT2D eigenvalue weighted by Gasteiger charge is 2.30. The van der Waals surface area contributed by atoms with Crippen LogP contribution in [0.5, 0.6) is 0 Å². The summed E-state index contributed by atoms with van der Waals surface area (Å²) in [5.74, 6) is 0.879. The SMILES string of the molecule is CN(C)c1ccc(-c2cccc(C(=O)N3CCC[C@H]3c3ccccc3)c2)nn1. The van der Waals surface area contributed by atoms with Crippen molar-refractivity contribution in [2.75, 3.05) is 25.5 Å². The van der Waals surface area contributed by atoms with Crippen LogP contribution in [-0.4, -0.2) is 41.6 Å². The molecule has 1 amide bonds. The summed E-state index contributed by atoms with van der Waals surface area (Å²) in [4.78, 5) is 17.1. The number of amides is 1. The van der Waals surface area contributed by atoms with E-state index in [4.69, 9.17) is 0 Å². The molecule has 28 heavy (non-hydrogen) atoms. The molecule has 5 nitrogen and oxygen atoms in total. The van der Waals surface area contributed by atoms with Crippen molar-refractivity contribution in [3.8, 4) is 11.3 Å². The smallest absolute Gasteiger partial charge is 0.254 e. The molecular weight excluding hydrogens is 348 g/mol. The molecule has 0 N–H and O–H groups in total. The van der Waals surface area contributed by atoms with E-state index in [1.807, 2.05) is 78.5 Å². The fraction of sp³-hybridized carbons (Fsp3) is 0.261. The van der Waals surface area contributed by atoms with Crippen molar-refractivity contribution in [1.29, 1.82) is 0 Å². The largest absolute Gasteiger partial charge is 0.361 e. The van der Waals surface area contributed by atoms with Crippen molar-refractivity contribution in [2.24, 2.45) is 0 Å². The van der Waals surface area contributed by atoms with Crippen LogP contribution in [0.4, 0.5) is 5.82 Å². The molecule has 1 saturated heterocycles. The van der Waals surface area contributed by atoms with Crippen LogP contribution >= 0.6 is 0 Å². The number of anilines is 1. The zero-order chi connectivity index (χ0) is 19.5. The number of carbonyl (C=O) groups excluding carboxylic acids is 1. The van der Waals surface area contributed by atoms with E-state index in [-0.39, 0.29) is 11.9 Å². The first-order valence-corrected chi connectivity index (χ1v) is 9.61. The molecule has 1 aliphatic heterocycles. The number of carbonyl (C=O) groups is 1. The minimum absolute atomic E-state index is 0.0751. The van der Waals surface area contributed by atoms with E-state index in [9.17, 15) is 4.79 Å². The van der Waals surface area contributed by atoms with Gasteiger partial charge in [0.2, 0.25) is 0 Å². The molecular formula is C23H24N4O. The van der Waals surface area contributed by atoms with Crippen LogP contribution in [0.25, 0.3) is 11.3 Å². The highest BCUT2D eigenvalue weighted by Crippen LogP contribution is 2.33. The molecule has 1 fully saturated rings. The molecule has 2 aromatic carbocycles. The summed E-state index contributed by atoms with van der Waals surface area (Å²) >= 11 is 0. The Labute approximate surface area is 165 Å². The van der Waals surface area contributed by atoms with Crippen LogP contribution in [-0.2, 0) is 0 Å². The third-order valence-corrected chi connectivity index (χ3v) is 5.21. The van der Waals surface area contributed by atoms with E-state index >= 15 is 0 Å². The number of hydrogen-bond donors (Lipinski definition) is 0. The standard InChI is InChI=1S/C23H24N4O/c1-26(2)22-14-13-20(24-25-22)18-10-6-11-19(16-18)23(28)27-15-7-12-21(27)17-8-4-3-5-9-17/h3-6,8-11,13-14,16,21H,7,12,15H2,1-2H3/t21-/m0/s1. The van der Waals surface area contributed by atoms with Crippen molar-refractivity contribution in [3.05, 3.63) is 77.9 Å². The number of hydrogen-bond acceptors (Lipinski definition) is 4. The molecule has 0 spiro atoms. The van der Waals surface area contributed by atoms with Crippen LogP contribution in [0.2, 0.25) is 0 Å². The Kier molecular flexibility index (Phi) is 5.06. The van der Waals surface area contributed by atoms with E-state index in [1.54, 1.807) is 0 Å². The number of benzene rings is 2. The Morgan fingerprint density at radius 2 is 1.82 bits per heavy atom. The minimum Gasteiger partial charge on any atom is -0.361 e. The second-order valence-corrected chi connectivity index (χ2v) is 7.32. The van der Waals surface area contributed by atoms with Crippen LogP contribution in [0, 0.1) is 0 Å². The van der Waals surface area contributed by atoms with Gasteiger partial charge in [-0.25, -0.2) is 0 Å². The fourth-order valence-corrected chi connectivity index (χ4v) is 3.73. The molecule has 2 heterocycles. The minimum atomic E-state index is 0.0751. The summed E-state index contributed by atoms with van der Waals surface area (Å²) in [6.07, 6.45) is 2.04. The van der Waals surface area contributed by atoms with Gasteiger partial charge in [0.15, 0.2) is 5.82 Å². The molecule has 0 radical (unpaired) electrons. The molecule has 5 heteroatoms. The summed E-state index contributed by atoms with van der Waals surface area (Å²) in [7, 11) is 3.87. The van der Waals surface area contributed by atoms with Gasteiger partial charge < -0.3 is 9.80 Å². The Morgan fingerprint density at radius 3 is 2.54 bits per heavy atom. The first-order chi connectivity index (χ1) is 13.6. The maximum absolute atomic E-state index is 13.2. The number of likely N-dealkylation sites (tertiary alicyclic amines) is 1. The normalized spacial score (nSPS) is 16.2. The molecule has 4 rings (SSSR count). The van der Waals surface area contributed by atoms with Gasteiger partial charge >= 0.3 is 0 Å². The number of nitrogens with zero attached hydrogens (tertiary/aromatic N) is 4.